The molecule has 1 radical (unpaired) electrons. The molecule has 3 aromatic carbocycles. The number of hydrogen-bond acceptors (Lipinski definition) is 5. The number of anilines is 3. The fraction of sp³-hybridized carbons (Fsp3) is 0.0500. The minimum absolute atomic E-state index is 0. The Morgan fingerprint density at radius 2 is 0.889 bits per heavy atom. The van der Waals surface area contributed by atoms with Gasteiger partial charge < -0.3 is 25.7 Å². The van der Waals surface area contributed by atoms with Gasteiger partial charge in [-0.25, -0.2) is 0 Å². The average Bonchev–Trinajstić information content (AvgIpc) is 2.60. The number of para-hydroxylation sites is 6. The molecule has 0 aliphatic rings. The summed E-state index contributed by atoms with van der Waals surface area (Å²) >= 11 is 0. The molecule has 0 saturated carbocycles. The van der Waals surface area contributed by atoms with Gasteiger partial charge in [0.25, 0.3) is 0 Å². The van der Waals surface area contributed by atoms with Crippen LogP contribution in [0.4, 0.5) is 17.1 Å². The van der Waals surface area contributed by atoms with Crippen molar-refractivity contribution >= 4 is 17.1 Å². The van der Waals surface area contributed by atoms with E-state index in [-0.39, 0.29) is 58.3 Å². The van der Waals surface area contributed by atoms with Crippen molar-refractivity contribution in [1.82, 2.24) is 0 Å². The summed E-state index contributed by atoms with van der Waals surface area (Å²) in [7, 11) is 0. The topological polar surface area (TPSA) is 125 Å². The first-order valence-corrected chi connectivity index (χ1v) is 7.49. The van der Waals surface area contributed by atoms with Gasteiger partial charge in [-0.3, -0.25) is 0 Å². The van der Waals surface area contributed by atoms with Gasteiger partial charge in [-0.2, -0.15) is 5.26 Å². The van der Waals surface area contributed by atoms with E-state index in [4.69, 9.17) is 5.26 Å². The van der Waals surface area contributed by atoms with Gasteiger partial charge in [-0.05, 0) is 18.2 Å². The van der Waals surface area contributed by atoms with Gasteiger partial charge in [0, 0.05) is 42.5 Å². The molecule has 139 valence electrons. The molecule has 0 aromatic heterocycles. The predicted molar refractivity (Wildman–Crippen MR) is 91.4 cm³/mol. The quantitative estimate of drug-likeness (QED) is 0.671. The van der Waals surface area contributed by atoms with Gasteiger partial charge in [0.05, 0.1) is 6.07 Å². The van der Waals surface area contributed by atoms with Crippen molar-refractivity contribution in [2.45, 2.75) is 6.92 Å². The maximum absolute atomic E-state index is 12.2. The third kappa shape index (κ3) is 5.69. The third-order valence-electron chi connectivity index (χ3n) is 3.32. The predicted octanol–water partition coefficient (Wildman–Crippen LogP) is 2.79. The molecule has 0 heterocycles. The molecule has 0 N–H and O–H groups in total. The number of nitriles is 1. The molecule has 0 amide bonds. The molecule has 6 nitrogen and oxygen atoms in total. The van der Waals surface area contributed by atoms with E-state index in [1.165, 1.54) is 30.0 Å². The molecule has 7 heteroatoms. The fourth-order valence-electron chi connectivity index (χ4n) is 2.31. The average molecular weight is 398 g/mol. The van der Waals surface area contributed by atoms with Crippen LogP contribution in [0.5, 0.6) is 17.2 Å². The van der Waals surface area contributed by atoms with E-state index in [0.717, 1.165) is 0 Å². The molecule has 27 heavy (non-hydrogen) atoms. The van der Waals surface area contributed by atoms with Crippen molar-refractivity contribution < 1.29 is 39.4 Å². The van der Waals surface area contributed by atoms with E-state index in [1.807, 2.05) is 0 Å². The van der Waals surface area contributed by atoms with E-state index >= 15 is 0 Å². The van der Waals surface area contributed by atoms with E-state index in [0.29, 0.717) is 0 Å². The standard InChI is InChI=1S/C18H15NO3.C2H3N.O.V/c20-16-10-4-1-7-13(16)19(14-8-2-5-11-17(14)21)15-9-3-6-12-18(15)22;1-2-3;;/h1-12,20-22H;1H3;;/q;;-2;/p-3. The molecule has 0 aliphatic heterocycles. The van der Waals surface area contributed by atoms with Crippen LogP contribution in [-0.4, -0.2) is 0 Å². The first-order valence-electron chi connectivity index (χ1n) is 7.49. The summed E-state index contributed by atoms with van der Waals surface area (Å²) in [6.07, 6.45) is 0. The zero-order chi connectivity index (χ0) is 18.2. The van der Waals surface area contributed by atoms with Gasteiger partial charge in [-0.15, -0.1) is 0 Å². The second-order valence-electron chi connectivity index (χ2n) is 4.96. The first-order chi connectivity index (χ1) is 12.1. The minimum atomic E-state index is -0.256. The number of rotatable bonds is 3. The smallest absolute Gasteiger partial charge is 0.0587 e. The van der Waals surface area contributed by atoms with Gasteiger partial charge in [0.2, 0.25) is 0 Å². The molecule has 0 unspecified atom stereocenters. The van der Waals surface area contributed by atoms with Crippen molar-refractivity contribution in [3.05, 3.63) is 72.8 Å². The number of hydrogen-bond donors (Lipinski definition) is 0. The summed E-state index contributed by atoms with van der Waals surface area (Å²) in [6, 6.07) is 20.7. The second-order valence-corrected chi connectivity index (χ2v) is 4.96. The van der Waals surface area contributed by atoms with Crippen LogP contribution in [0.1, 0.15) is 6.92 Å². The summed E-state index contributed by atoms with van der Waals surface area (Å²) in [5.74, 6) is -0.767. The molecule has 0 atom stereocenters. The van der Waals surface area contributed by atoms with Gasteiger partial charge >= 0.3 is 0 Å². The van der Waals surface area contributed by atoms with Crippen molar-refractivity contribution in [3.63, 3.8) is 0 Å². The van der Waals surface area contributed by atoms with E-state index < -0.39 is 0 Å². The second kappa shape index (κ2) is 11.5. The molecule has 0 aliphatic carbocycles. The maximum atomic E-state index is 12.2. The fourth-order valence-corrected chi connectivity index (χ4v) is 2.31. The molecule has 0 bridgehead atoms. The number of benzene rings is 3. The zero-order valence-corrected chi connectivity index (χ0v) is 15.8. The van der Waals surface area contributed by atoms with Gasteiger partial charge in [0.1, 0.15) is 0 Å². The van der Waals surface area contributed by atoms with Crippen LogP contribution < -0.4 is 20.2 Å². The Kier molecular flexibility index (Phi) is 10.2. The zero-order valence-electron chi connectivity index (χ0n) is 14.4. The third-order valence-corrected chi connectivity index (χ3v) is 3.32. The molecule has 3 aromatic rings. The Morgan fingerprint density at radius 1 is 0.667 bits per heavy atom. The van der Waals surface area contributed by atoms with Crippen LogP contribution in [-0.2, 0) is 24.0 Å². The largest absolute Gasteiger partial charge is 2.00 e. The minimum Gasteiger partial charge on any atom is -2.00 e. The molecular weight excluding hydrogens is 383 g/mol. The Balaban J connectivity index is 0.00000127. The molecule has 0 spiro atoms. The summed E-state index contributed by atoms with van der Waals surface area (Å²) in [5.41, 5.74) is 0.817. The Labute approximate surface area is 169 Å². The van der Waals surface area contributed by atoms with Crippen LogP contribution >= 0.6 is 0 Å². The van der Waals surface area contributed by atoms with Crippen molar-refractivity contribution in [2.24, 2.45) is 0 Å². The first kappa shape index (κ1) is 23.9. The van der Waals surface area contributed by atoms with E-state index in [1.54, 1.807) is 60.7 Å². The molecule has 3 rings (SSSR count). The van der Waals surface area contributed by atoms with Crippen molar-refractivity contribution in [1.29, 1.82) is 5.26 Å². The Morgan fingerprint density at radius 3 is 1.11 bits per heavy atom. The van der Waals surface area contributed by atoms with E-state index in [2.05, 4.69) is 0 Å². The SMILES string of the molecule is CC#N.[O-2].[O-]c1ccccc1N(c1ccccc1[O-])c1ccccc1[O-].[V]. The monoisotopic (exact) mass is 398 g/mol. The van der Waals surface area contributed by atoms with E-state index in [9.17, 15) is 15.3 Å². The molecule has 0 fully saturated rings. The number of nitrogens with zero attached hydrogens (tertiary/aromatic N) is 2. The van der Waals surface area contributed by atoms with Crippen LogP contribution in [0.25, 0.3) is 0 Å². The van der Waals surface area contributed by atoms with Crippen molar-refractivity contribution in [2.75, 3.05) is 4.90 Å². The van der Waals surface area contributed by atoms with Crippen LogP contribution in [0.3, 0.4) is 0 Å². The Hall–Kier alpha value is -3.11. The summed E-state index contributed by atoms with van der Waals surface area (Å²) < 4.78 is 0. The maximum Gasteiger partial charge on any atom is 0.0587 e. The summed E-state index contributed by atoms with van der Waals surface area (Å²) in [4.78, 5) is 1.42. The summed E-state index contributed by atoms with van der Waals surface area (Å²) in [6.45, 7) is 1.43. The Bertz CT molecular complexity index is 789. The van der Waals surface area contributed by atoms with Crippen LogP contribution in [0.2, 0.25) is 0 Å². The van der Waals surface area contributed by atoms with Crippen LogP contribution in [0, 0.1) is 11.3 Å². The van der Waals surface area contributed by atoms with Gasteiger partial charge in [-0.1, -0.05) is 71.8 Å². The van der Waals surface area contributed by atoms with Gasteiger partial charge in [0.15, 0.2) is 0 Å². The summed E-state index contributed by atoms with van der Waals surface area (Å²) in [5, 5.41) is 43.9. The molecular formula is C20H15N2O4V-5. The van der Waals surface area contributed by atoms with Crippen LogP contribution in [0.15, 0.2) is 72.8 Å². The normalized spacial score (nSPS) is 8.74. The van der Waals surface area contributed by atoms with Crippen molar-refractivity contribution in [3.8, 4) is 23.3 Å². The molecule has 0 saturated heterocycles.